The number of benzene rings is 1. The number of ether oxygens (including phenoxy) is 2. The van der Waals surface area contributed by atoms with Gasteiger partial charge in [0.15, 0.2) is 0 Å². The van der Waals surface area contributed by atoms with Gasteiger partial charge in [0.1, 0.15) is 12.4 Å². The second-order valence-electron chi connectivity index (χ2n) is 7.91. The van der Waals surface area contributed by atoms with Crippen LogP contribution in [0.3, 0.4) is 0 Å². The van der Waals surface area contributed by atoms with Gasteiger partial charge < -0.3 is 18.8 Å². The normalized spacial score (nSPS) is 24.4. The summed E-state index contributed by atoms with van der Waals surface area (Å²) >= 11 is 0. The summed E-state index contributed by atoms with van der Waals surface area (Å²) in [4.78, 5) is 0. The maximum atomic E-state index is 6.18. The van der Waals surface area contributed by atoms with E-state index in [0.717, 1.165) is 18.6 Å². The largest absolute Gasteiger partial charge is 0.491 e. The number of allylic oxidation sites excluding steroid dienone is 2. The van der Waals surface area contributed by atoms with E-state index >= 15 is 0 Å². The number of hydrogen-bond acceptors (Lipinski definition) is 4. The Bertz CT molecular complexity index is 605. The molecule has 136 valence electrons. The van der Waals surface area contributed by atoms with Crippen molar-refractivity contribution in [1.82, 2.24) is 0 Å². The summed E-state index contributed by atoms with van der Waals surface area (Å²) in [5, 5.41) is 0. The van der Waals surface area contributed by atoms with E-state index in [1.165, 1.54) is 11.0 Å². The van der Waals surface area contributed by atoms with E-state index in [4.69, 9.17) is 18.8 Å². The van der Waals surface area contributed by atoms with Crippen molar-refractivity contribution in [2.24, 2.45) is 0 Å². The highest BCUT2D eigenvalue weighted by atomic mass is 16.7. The van der Waals surface area contributed by atoms with Crippen LogP contribution in [0.5, 0.6) is 5.75 Å². The zero-order valence-corrected chi connectivity index (χ0v) is 16.0. The summed E-state index contributed by atoms with van der Waals surface area (Å²) < 4.78 is 23.0. The van der Waals surface area contributed by atoms with Gasteiger partial charge in [-0.2, -0.15) is 0 Å². The van der Waals surface area contributed by atoms with Crippen LogP contribution in [0.1, 0.15) is 52.0 Å². The Morgan fingerprint density at radius 1 is 1.04 bits per heavy atom. The highest BCUT2D eigenvalue weighted by Gasteiger charge is 2.52. The molecule has 0 N–H and O–H groups in total. The molecule has 2 aliphatic rings. The summed E-state index contributed by atoms with van der Waals surface area (Å²) in [6, 6.07) is 8.40. The van der Waals surface area contributed by atoms with Crippen molar-refractivity contribution in [2.75, 3.05) is 20.3 Å². The van der Waals surface area contributed by atoms with Crippen LogP contribution < -0.4 is 4.74 Å². The van der Waals surface area contributed by atoms with Gasteiger partial charge in [-0.3, -0.25) is 0 Å². The third-order valence-corrected chi connectivity index (χ3v) is 5.61. The molecule has 1 atom stereocenters. The molecule has 1 aliphatic carbocycles. The van der Waals surface area contributed by atoms with Crippen molar-refractivity contribution in [3.05, 3.63) is 41.4 Å². The molecule has 1 heterocycles. The van der Waals surface area contributed by atoms with Gasteiger partial charge in [0.25, 0.3) is 0 Å². The molecule has 0 bridgehead atoms. The first-order chi connectivity index (χ1) is 11.8. The quantitative estimate of drug-likeness (QED) is 0.574. The van der Waals surface area contributed by atoms with Crippen LogP contribution in [0, 0.1) is 0 Å². The molecule has 5 heteroatoms. The second-order valence-corrected chi connectivity index (χ2v) is 7.91. The number of rotatable bonds is 6. The van der Waals surface area contributed by atoms with Crippen molar-refractivity contribution in [3.63, 3.8) is 0 Å². The van der Waals surface area contributed by atoms with E-state index < -0.39 is 0 Å². The minimum absolute atomic E-state index is 0.216. The molecular formula is C20H29BO4. The Kier molecular flexibility index (Phi) is 5.28. The van der Waals surface area contributed by atoms with Gasteiger partial charge in [0.2, 0.25) is 0 Å². The lowest BCUT2D eigenvalue weighted by molar-refractivity contribution is 0.00578. The lowest BCUT2D eigenvalue weighted by atomic mass is 9.76. The molecule has 1 aromatic rings. The number of methoxy groups -OCH3 is 1. The topological polar surface area (TPSA) is 36.9 Å². The maximum absolute atomic E-state index is 6.18. The van der Waals surface area contributed by atoms with Crippen LogP contribution in [-0.2, 0) is 14.0 Å². The molecule has 3 rings (SSSR count). The summed E-state index contributed by atoms with van der Waals surface area (Å²) in [7, 11) is 1.46. The summed E-state index contributed by atoms with van der Waals surface area (Å²) in [6.07, 6.45) is 4.31. The summed E-state index contributed by atoms with van der Waals surface area (Å²) in [5.74, 6) is 1.37. The zero-order chi connectivity index (χ0) is 18.1. The van der Waals surface area contributed by atoms with Gasteiger partial charge in [0, 0.05) is 7.11 Å². The van der Waals surface area contributed by atoms with Crippen molar-refractivity contribution < 1.29 is 18.8 Å². The van der Waals surface area contributed by atoms with Crippen LogP contribution in [0.4, 0.5) is 0 Å². The highest BCUT2D eigenvalue weighted by Crippen LogP contribution is 2.43. The smallest absolute Gasteiger partial charge is 0.490 e. The Labute approximate surface area is 151 Å². The first kappa shape index (κ1) is 18.5. The van der Waals surface area contributed by atoms with E-state index in [1.54, 1.807) is 7.11 Å². The van der Waals surface area contributed by atoms with Crippen molar-refractivity contribution >= 4 is 7.12 Å². The van der Waals surface area contributed by atoms with Gasteiger partial charge >= 0.3 is 7.12 Å². The average molecular weight is 344 g/mol. The Morgan fingerprint density at radius 2 is 1.68 bits per heavy atom. The first-order valence-corrected chi connectivity index (χ1v) is 9.09. The fourth-order valence-electron chi connectivity index (χ4n) is 3.26. The molecule has 0 radical (unpaired) electrons. The number of hydrogen-bond donors (Lipinski definition) is 0. The van der Waals surface area contributed by atoms with E-state index in [1.807, 2.05) is 12.1 Å². The zero-order valence-electron chi connectivity index (χ0n) is 16.0. The molecule has 1 unspecified atom stereocenters. The van der Waals surface area contributed by atoms with Gasteiger partial charge in [-0.05, 0) is 69.6 Å². The van der Waals surface area contributed by atoms with Crippen molar-refractivity contribution in [1.29, 1.82) is 0 Å². The molecule has 25 heavy (non-hydrogen) atoms. The standard InChI is InChI=1S/C20H29BO4/c1-19(2)20(3,4)25-21(24-19)17-9-6-16(14-17)15-7-10-18(11-8-15)23-13-12-22-5/h7-11,16H,6,12-14H2,1-5H3. The molecular weight excluding hydrogens is 315 g/mol. The molecule has 4 nitrogen and oxygen atoms in total. The molecule has 0 spiro atoms. The molecule has 0 amide bonds. The third kappa shape index (κ3) is 3.94. The lowest BCUT2D eigenvalue weighted by Crippen LogP contribution is -2.41. The van der Waals surface area contributed by atoms with Crippen LogP contribution >= 0.6 is 0 Å². The van der Waals surface area contributed by atoms with E-state index in [0.29, 0.717) is 19.1 Å². The Hall–Kier alpha value is -1.30. The molecule has 1 saturated heterocycles. The predicted octanol–water partition coefficient (Wildman–Crippen LogP) is 4.15. The SMILES string of the molecule is COCCOc1ccc(C2CC=C(B3OC(C)(C)C(C)(C)O3)C2)cc1. The first-order valence-electron chi connectivity index (χ1n) is 9.09. The van der Waals surface area contributed by atoms with Crippen LogP contribution in [0.15, 0.2) is 35.8 Å². The van der Waals surface area contributed by atoms with E-state index in [9.17, 15) is 0 Å². The predicted molar refractivity (Wildman–Crippen MR) is 100.0 cm³/mol. The monoisotopic (exact) mass is 344 g/mol. The third-order valence-electron chi connectivity index (χ3n) is 5.61. The Balaban J connectivity index is 1.57. The summed E-state index contributed by atoms with van der Waals surface area (Å²) in [6.45, 7) is 9.58. The van der Waals surface area contributed by atoms with Gasteiger partial charge in [0.05, 0.1) is 17.8 Å². The van der Waals surface area contributed by atoms with Crippen molar-refractivity contribution in [2.45, 2.75) is 57.7 Å². The molecule has 0 saturated carbocycles. The average Bonchev–Trinajstić information content (AvgIpc) is 3.12. The maximum Gasteiger partial charge on any atom is 0.490 e. The lowest BCUT2D eigenvalue weighted by Gasteiger charge is -2.32. The van der Waals surface area contributed by atoms with Gasteiger partial charge in [-0.15, -0.1) is 0 Å². The van der Waals surface area contributed by atoms with E-state index in [2.05, 4.69) is 45.9 Å². The fraction of sp³-hybridized carbons (Fsp3) is 0.600. The fourth-order valence-corrected chi connectivity index (χ4v) is 3.26. The molecule has 0 aromatic heterocycles. The highest BCUT2D eigenvalue weighted by molar-refractivity contribution is 6.54. The summed E-state index contributed by atoms with van der Waals surface area (Å²) in [5.41, 5.74) is 2.04. The van der Waals surface area contributed by atoms with Crippen LogP contribution in [-0.4, -0.2) is 38.6 Å². The minimum atomic E-state index is -0.280. The van der Waals surface area contributed by atoms with Gasteiger partial charge in [-0.25, -0.2) is 0 Å². The molecule has 1 aliphatic heterocycles. The van der Waals surface area contributed by atoms with Crippen LogP contribution in [0.25, 0.3) is 0 Å². The van der Waals surface area contributed by atoms with E-state index in [-0.39, 0.29) is 18.3 Å². The van der Waals surface area contributed by atoms with Crippen LogP contribution in [0.2, 0.25) is 0 Å². The minimum Gasteiger partial charge on any atom is -0.491 e. The molecule has 1 aromatic carbocycles. The molecule has 1 fully saturated rings. The Morgan fingerprint density at radius 3 is 2.28 bits per heavy atom. The second kappa shape index (κ2) is 7.14. The van der Waals surface area contributed by atoms with Gasteiger partial charge in [-0.1, -0.05) is 18.2 Å². The van der Waals surface area contributed by atoms with Crippen molar-refractivity contribution in [3.8, 4) is 5.75 Å².